The van der Waals surface area contributed by atoms with Crippen LogP contribution in [0.15, 0.2) is 65.6 Å². The van der Waals surface area contributed by atoms with Gasteiger partial charge in [0.15, 0.2) is 0 Å². The normalized spacial score (nSPS) is 11.1. The molecule has 0 spiro atoms. The molecule has 1 amide bonds. The summed E-state index contributed by atoms with van der Waals surface area (Å²) in [7, 11) is -4.22. The van der Waals surface area contributed by atoms with Crippen LogP contribution in [-0.2, 0) is 14.8 Å². The first kappa shape index (κ1) is 17.2. The topological polar surface area (TPSA) is 54.5 Å². The summed E-state index contributed by atoms with van der Waals surface area (Å²) in [4.78, 5) is 12.3. The Morgan fingerprint density at radius 3 is 2.30 bits per heavy atom. The zero-order valence-corrected chi connectivity index (χ0v) is 13.7. The van der Waals surface area contributed by atoms with Gasteiger partial charge in [-0.3, -0.25) is 4.79 Å². The van der Waals surface area contributed by atoms with E-state index in [0.717, 1.165) is 18.2 Å². The second-order valence-electron chi connectivity index (χ2n) is 4.76. The van der Waals surface area contributed by atoms with E-state index in [1.165, 1.54) is 31.2 Å². The van der Waals surface area contributed by atoms with Gasteiger partial charge in [0.2, 0.25) is 0 Å². The lowest BCUT2D eigenvalue weighted by molar-refractivity contribution is -0.113. The Hall–Kier alpha value is -2.18. The van der Waals surface area contributed by atoms with Gasteiger partial charge in [-0.15, -0.1) is 0 Å². The van der Waals surface area contributed by atoms with Gasteiger partial charge < -0.3 is 0 Å². The van der Waals surface area contributed by atoms with Crippen molar-refractivity contribution in [3.63, 3.8) is 0 Å². The van der Waals surface area contributed by atoms with E-state index in [-0.39, 0.29) is 21.2 Å². The average molecular weight is 354 g/mol. The molecular formula is C16H13ClFNO3S. The molecule has 0 aliphatic carbocycles. The predicted molar refractivity (Wildman–Crippen MR) is 87.3 cm³/mol. The third kappa shape index (κ3) is 3.43. The van der Waals surface area contributed by atoms with Gasteiger partial charge >= 0.3 is 0 Å². The maximum atomic E-state index is 13.2. The minimum atomic E-state index is -4.22. The van der Waals surface area contributed by atoms with Gasteiger partial charge in [0.25, 0.3) is 15.9 Å². The number of amides is 1. The van der Waals surface area contributed by atoms with Gasteiger partial charge in [-0.1, -0.05) is 36.4 Å². The number of hydrogen-bond acceptors (Lipinski definition) is 3. The largest absolute Gasteiger partial charge is 0.271 e. The number of benzene rings is 2. The predicted octanol–water partition coefficient (Wildman–Crippen LogP) is 3.78. The van der Waals surface area contributed by atoms with Crippen molar-refractivity contribution in [2.24, 2.45) is 0 Å². The molecule has 0 fully saturated rings. The third-order valence-corrected chi connectivity index (χ3v) is 4.97. The molecular weight excluding hydrogens is 341 g/mol. The SMILES string of the molecule is C=C(C)C(=O)N(c1ccc(F)cc1Cl)S(=O)(=O)c1ccccc1. The molecule has 0 radical (unpaired) electrons. The van der Waals surface area contributed by atoms with Crippen molar-refractivity contribution in [3.05, 3.63) is 71.5 Å². The molecule has 120 valence electrons. The van der Waals surface area contributed by atoms with Gasteiger partial charge in [0, 0.05) is 5.57 Å². The maximum absolute atomic E-state index is 13.2. The van der Waals surface area contributed by atoms with Gasteiger partial charge in [-0.25, -0.2) is 12.8 Å². The van der Waals surface area contributed by atoms with Crippen LogP contribution in [0.2, 0.25) is 5.02 Å². The fraction of sp³-hybridized carbons (Fsp3) is 0.0625. The molecule has 7 heteroatoms. The molecule has 0 saturated heterocycles. The number of nitrogens with zero attached hydrogens (tertiary/aromatic N) is 1. The van der Waals surface area contributed by atoms with Gasteiger partial charge in [-0.05, 0) is 37.3 Å². The van der Waals surface area contributed by atoms with Gasteiger partial charge in [0.05, 0.1) is 15.6 Å². The van der Waals surface area contributed by atoms with Crippen LogP contribution >= 0.6 is 11.6 Å². The van der Waals surface area contributed by atoms with Crippen LogP contribution < -0.4 is 4.31 Å². The van der Waals surface area contributed by atoms with E-state index in [1.54, 1.807) is 6.07 Å². The standard InChI is InChI=1S/C16H13ClFNO3S/c1-11(2)16(20)19(15-9-8-12(18)10-14(15)17)23(21,22)13-6-4-3-5-7-13/h3-10H,1H2,2H3. The molecule has 2 aromatic rings. The minimum Gasteiger partial charge on any atom is -0.268 e. The summed E-state index contributed by atoms with van der Waals surface area (Å²) in [5.74, 6) is -1.49. The Bertz CT molecular complexity index is 866. The van der Waals surface area contributed by atoms with Crippen LogP contribution in [0.3, 0.4) is 0 Å². The first-order valence-electron chi connectivity index (χ1n) is 6.50. The number of rotatable bonds is 4. The highest BCUT2D eigenvalue weighted by Crippen LogP contribution is 2.32. The number of anilines is 1. The van der Waals surface area contributed by atoms with Crippen molar-refractivity contribution in [2.45, 2.75) is 11.8 Å². The summed E-state index contributed by atoms with van der Waals surface area (Å²) in [6.07, 6.45) is 0. The molecule has 0 N–H and O–H groups in total. The molecule has 0 atom stereocenters. The van der Waals surface area contributed by atoms with Crippen molar-refractivity contribution in [1.29, 1.82) is 0 Å². The molecule has 23 heavy (non-hydrogen) atoms. The highest BCUT2D eigenvalue weighted by molar-refractivity contribution is 7.93. The summed E-state index contributed by atoms with van der Waals surface area (Å²) >= 11 is 5.94. The summed E-state index contributed by atoms with van der Waals surface area (Å²) in [5.41, 5.74) is -0.130. The van der Waals surface area contributed by atoms with E-state index in [2.05, 4.69) is 6.58 Å². The van der Waals surface area contributed by atoms with Gasteiger partial charge in [0.1, 0.15) is 5.82 Å². The number of sulfonamides is 1. The zero-order valence-electron chi connectivity index (χ0n) is 12.2. The molecule has 0 aliphatic rings. The Labute approximate surface area is 138 Å². The molecule has 0 saturated carbocycles. The van der Waals surface area contributed by atoms with E-state index in [9.17, 15) is 17.6 Å². The van der Waals surface area contributed by atoms with E-state index in [4.69, 9.17) is 11.6 Å². The molecule has 0 aliphatic heterocycles. The number of hydrogen-bond donors (Lipinski definition) is 0. The minimum absolute atomic E-state index is 0.00453. The lowest BCUT2D eigenvalue weighted by Gasteiger charge is -2.23. The Balaban J connectivity index is 2.69. The van der Waals surface area contributed by atoms with Crippen LogP contribution in [0, 0.1) is 5.82 Å². The van der Waals surface area contributed by atoms with Crippen molar-refractivity contribution >= 4 is 33.2 Å². The maximum Gasteiger partial charge on any atom is 0.271 e. The quantitative estimate of drug-likeness (QED) is 0.786. The smallest absolute Gasteiger partial charge is 0.268 e. The highest BCUT2D eigenvalue weighted by Gasteiger charge is 2.32. The summed E-state index contributed by atoms with van der Waals surface area (Å²) < 4.78 is 39.4. The fourth-order valence-corrected chi connectivity index (χ4v) is 3.67. The summed E-state index contributed by atoms with van der Waals surface area (Å²) in [6.45, 7) is 4.87. The summed E-state index contributed by atoms with van der Waals surface area (Å²) in [5, 5.41) is -0.195. The van der Waals surface area contributed by atoms with E-state index >= 15 is 0 Å². The molecule has 4 nitrogen and oxygen atoms in total. The second kappa shape index (κ2) is 6.52. The molecule has 0 aromatic heterocycles. The van der Waals surface area contributed by atoms with Crippen molar-refractivity contribution in [2.75, 3.05) is 4.31 Å². The van der Waals surface area contributed by atoms with E-state index < -0.39 is 21.7 Å². The monoisotopic (exact) mass is 353 g/mol. The summed E-state index contributed by atoms with van der Waals surface area (Å²) in [6, 6.07) is 10.5. The van der Waals surface area contributed by atoms with Crippen molar-refractivity contribution in [3.8, 4) is 0 Å². The zero-order chi connectivity index (χ0) is 17.2. The third-order valence-electron chi connectivity index (χ3n) is 2.96. The number of carbonyl (C=O) groups excluding carboxylic acids is 1. The van der Waals surface area contributed by atoms with E-state index in [1.807, 2.05) is 0 Å². The number of carbonyl (C=O) groups is 1. The Morgan fingerprint density at radius 1 is 1.17 bits per heavy atom. The van der Waals surface area contributed by atoms with Crippen LogP contribution in [-0.4, -0.2) is 14.3 Å². The highest BCUT2D eigenvalue weighted by atomic mass is 35.5. The lowest BCUT2D eigenvalue weighted by atomic mass is 10.2. The van der Waals surface area contributed by atoms with Crippen molar-refractivity contribution in [1.82, 2.24) is 0 Å². The first-order valence-corrected chi connectivity index (χ1v) is 8.32. The van der Waals surface area contributed by atoms with Gasteiger partial charge in [-0.2, -0.15) is 4.31 Å². The van der Waals surface area contributed by atoms with Crippen LogP contribution in [0.5, 0.6) is 0 Å². The van der Waals surface area contributed by atoms with Crippen molar-refractivity contribution < 1.29 is 17.6 Å². The van der Waals surface area contributed by atoms with Crippen LogP contribution in [0.1, 0.15) is 6.92 Å². The molecule has 2 rings (SSSR count). The molecule has 0 heterocycles. The van der Waals surface area contributed by atoms with Crippen LogP contribution in [0.25, 0.3) is 0 Å². The fourth-order valence-electron chi connectivity index (χ4n) is 1.87. The second-order valence-corrected chi connectivity index (χ2v) is 6.96. The van der Waals surface area contributed by atoms with E-state index in [0.29, 0.717) is 4.31 Å². The number of halogens is 2. The average Bonchev–Trinajstić information content (AvgIpc) is 2.50. The molecule has 0 bridgehead atoms. The first-order chi connectivity index (χ1) is 10.7. The Morgan fingerprint density at radius 2 is 1.78 bits per heavy atom. The lowest BCUT2D eigenvalue weighted by Crippen LogP contribution is -2.37. The Kier molecular flexibility index (Phi) is 4.87. The van der Waals surface area contributed by atoms with Crippen LogP contribution in [0.4, 0.5) is 10.1 Å². The molecule has 2 aromatic carbocycles. The molecule has 0 unspecified atom stereocenters.